The molecule has 1 atom stereocenters. The number of aliphatic hydroxyl groups excluding tert-OH is 1. The highest BCUT2D eigenvalue weighted by atomic mass is 79.9. The van der Waals surface area contributed by atoms with Crippen LogP contribution in [-0.2, 0) is 0 Å². The van der Waals surface area contributed by atoms with Crippen LogP contribution in [0.4, 0.5) is 0 Å². The summed E-state index contributed by atoms with van der Waals surface area (Å²) < 4.78 is 6.25. The number of ether oxygens (including phenoxy) is 1. The maximum atomic E-state index is 10.1. The fourth-order valence-corrected chi connectivity index (χ4v) is 2.18. The van der Waals surface area contributed by atoms with Crippen LogP contribution in [0.1, 0.15) is 44.8 Å². The van der Waals surface area contributed by atoms with Gasteiger partial charge in [-0.25, -0.2) is 0 Å². The molecule has 17 heavy (non-hydrogen) atoms. The molecule has 96 valence electrons. The van der Waals surface area contributed by atoms with Gasteiger partial charge in [-0.3, -0.25) is 0 Å². The zero-order valence-corrected chi connectivity index (χ0v) is 12.3. The molecular weight excluding hydrogens is 280 g/mol. The van der Waals surface area contributed by atoms with Gasteiger partial charge in [0.2, 0.25) is 0 Å². The molecule has 1 rings (SSSR count). The lowest BCUT2D eigenvalue weighted by Crippen LogP contribution is -2.01. The van der Waals surface area contributed by atoms with Gasteiger partial charge in [0.1, 0.15) is 5.75 Å². The Morgan fingerprint density at radius 1 is 1.29 bits per heavy atom. The number of hydrogen-bond acceptors (Lipinski definition) is 2. The first kappa shape index (κ1) is 14.5. The fraction of sp³-hybridized carbons (Fsp3) is 0.571. The molecule has 3 heteroatoms. The Kier molecular flexibility index (Phi) is 6.00. The molecule has 2 nitrogen and oxygen atoms in total. The molecule has 1 aromatic carbocycles. The predicted octanol–water partition coefficient (Wildman–Crippen LogP) is 4.32. The van der Waals surface area contributed by atoms with Crippen molar-refractivity contribution in [1.29, 1.82) is 0 Å². The summed E-state index contributed by atoms with van der Waals surface area (Å²) in [5.41, 5.74) is 0.874. The lowest BCUT2D eigenvalue weighted by atomic mass is 9.99. The summed E-state index contributed by atoms with van der Waals surface area (Å²) in [5, 5.41) is 10.1. The quantitative estimate of drug-likeness (QED) is 0.848. The number of hydrogen-bond donors (Lipinski definition) is 1. The molecule has 0 aromatic heterocycles. The molecule has 1 aromatic rings. The van der Waals surface area contributed by atoms with Gasteiger partial charge in [-0.1, -0.05) is 48.7 Å². The molecule has 0 radical (unpaired) electrons. The summed E-state index contributed by atoms with van der Waals surface area (Å²) in [6.45, 7) is 4.40. The van der Waals surface area contributed by atoms with Gasteiger partial charge in [0.25, 0.3) is 0 Å². The third-order valence-corrected chi connectivity index (χ3v) is 3.31. The second kappa shape index (κ2) is 7.02. The summed E-state index contributed by atoms with van der Waals surface area (Å²) in [6, 6.07) is 5.74. The fourth-order valence-electron chi connectivity index (χ4n) is 1.84. The summed E-state index contributed by atoms with van der Waals surface area (Å²) in [4.78, 5) is 0. The van der Waals surface area contributed by atoms with Crippen molar-refractivity contribution in [3.63, 3.8) is 0 Å². The van der Waals surface area contributed by atoms with Gasteiger partial charge in [-0.05, 0) is 24.5 Å². The summed E-state index contributed by atoms with van der Waals surface area (Å²) >= 11 is 3.40. The minimum Gasteiger partial charge on any atom is -0.496 e. The molecule has 0 amide bonds. The van der Waals surface area contributed by atoms with E-state index in [4.69, 9.17) is 4.74 Å². The number of rotatable bonds is 6. The Hall–Kier alpha value is -0.540. The third-order valence-electron chi connectivity index (χ3n) is 2.81. The lowest BCUT2D eigenvalue weighted by molar-refractivity contribution is 0.158. The van der Waals surface area contributed by atoms with E-state index in [-0.39, 0.29) is 0 Å². The SMILES string of the molecule is COc1cc(Br)ccc1C(O)CCCC(C)C. The highest BCUT2D eigenvalue weighted by molar-refractivity contribution is 9.10. The summed E-state index contributed by atoms with van der Waals surface area (Å²) in [5.74, 6) is 1.44. The molecule has 0 fully saturated rings. The van der Waals surface area contributed by atoms with Gasteiger partial charge < -0.3 is 9.84 Å². The monoisotopic (exact) mass is 300 g/mol. The molecule has 0 saturated heterocycles. The molecule has 0 spiro atoms. The highest BCUT2D eigenvalue weighted by Crippen LogP contribution is 2.31. The molecule has 0 aliphatic rings. The number of benzene rings is 1. The second-order valence-electron chi connectivity index (χ2n) is 4.73. The average molecular weight is 301 g/mol. The van der Waals surface area contributed by atoms with Crippen LogP contribution in [0.2, 0.25) is 0 Å². The van der Waals surface area contributed by atoms with Crippen molar-refractivity contribution >= 4 is 15.9 Å². The van der Waals surface area contributed by atoms with Crippen LogP contribution in [-0.4, -0.2) is 12.2 Å². The zero-order valence-electron chi connectivity index (χ0n) is 10.7. The Balaban J connectivity index is 2.64. The molecule has 0 aliphatic heterocycles. The number of aliphatic hydroxyl groups is 1. The third kappa shape index (κ3) is 4.68. The van der Waals surface area contributed by atoms with Gasteiger partial charge in [0.05, 0.1) is 13.2 Å². The van der Waals surface area contributed by atoms with E-state index in [1.807, 2.05) is 18.2 Å². The van der Waals surface area contributed by atoms with E-state index in [2.05, 4.69) is 29.8 Å². The predicted molar refractivity (Wildman–Crippen MR) is 74.3 cm³/mol. The van der Waals surface area contributed by atoms with E-state index >= 15 is 0 Å². The molecule has 1 unspecified atom stereocenters. The maximum Gasteiger partial charge on any atom is 0.125 e. The van der Waals surface area contributed by atoms with Crippen molar-refractivity contribution in [3.8, 4) is 5.75 Å². The van der Waals surface area contributed by atoms with Crippen LogP contribution in [0.3, 0.4) is 0 Å². The zero-order chi connectivity index (χ0) is 12.8. The highest BCUT2D eigenvalue weighted by Gasteiger charge is 2.13. The van der Waals surface area contributed by atoms with E-state index in [1.54, 1.807) is 7.11 Å². The molecule has 0 saturated carbocycles. The van der Waals surface area contributed by atoms with Crippen LogP contribution >= 0.6 is 15.9 Å². The Labute approximate surface area is 112 Å². The van der Waals surface area contributed by atoms with E-state index < -0.39 is 6.10 Å². The first-order valence-corrected chi connectivity index (χ1v) is 6.85. The van der Waals surface area contributed by atoms with Gasteiger partial charge >= 0.3 is 0 Å². The van der Waals surface area contributed by atoms with Crippen molar-refractivity contribution < 1.29 is 9.84 Å². The van der Waals surface area contributed by atoms with Crippen molar-refractivity contribution in [2.24, 2.45) is 5.92 Å². The molecule has 1 N–H and O–H groups in total. The van der Waals surface area contributed by atoms with Gasteiger partial charge in [-0.15, -0.1) is 0 Å². The first-order valence-electron chi connectivity index (χ1n) is 6.06. The van der Waals surface area contributed by atoms with Crippen LogP contribution in [0.5, 0.6) is 5.75 Å². The van der Waals surface area contributed by atoms with Crippen molar-refractivity contribution in [2.75, 3.05) is 7.11 Å². The van der Waals surface area contributed by atoms with Crippen LogP contribution in [0, 0.1) is 5.92 Å². The summed E-state index contributed by atoms with van der Waals surface area (Å²) in [6.07, 6.45) is 2.54. The second-order valence-corrected chi connectivity index (χ2v) is 5.64. The van der Waals surface area contributed by atoms with E-state index in [9.17, 15) is 5.11 Å². The van der Waals surface area contributed by atoms with Crippen molar-refractivity contribution in [3.05, 3.63) is 28.2 Å². The Bertz CT molecular complexity index is 350. The van der Waals surface area contributed by atoms with E-state index in [0.717, 1.165) is 35.0 Å². The average Bonchev–Trinajstić information content (AvgIpc) is 2.28. The van der Waals surface area contributed by atoms with Crippen LogP contribution in [0.25, 0.3) is 0 Å². The smallest absolute Gasteiger partial charge is 0.125 e. The standard InChI is InChI=1S/C14H21BrO2/c1-10(2)5-4-6-13(16)12-8-7-11(15)9-14(12)17-3/h7-10,13,16H,4-6H2,1-3H3. The minimum absolute atomic E-state index is 0.434. The van der Waals surface area contributed by atoms with Crippen LogP contribution < -0.4 is 4.74 Å². The minimum atomic E-state index is -0.434. The normalized spacial score (nSPS) is 12.8. The largest absolute Gasteiger partial charge is 0.496 e. The maximum absolute atomic E-state index is 10.1. The summed E-state index contributed by atoms with van der Waals surface area (Å²) in [7, 11) is 1.63. The van der Waals surface area contributed by atoms with E-state index in [1.165, 1.54) is 0 Å². The molecule has 0 aliphatic carbocycles. The number of halogens is 1. The topological polar surface area (TPSA) is 29.5 Å². The Morgan fingerprint density at radius 3 is 2.59 bits per heavy atom. The molecule has 0 heterocycles. The Morgan fingerprint density at radius 2 is 2.00 bits per heavy atom. The lowest BCUT2D eigenvalue weighted by Gasteiger charge is -2.15. The first-order chi connectivity index (χ1) is 8.04. The number of methoxy groups -OCH3 is 1. The van der Waals surface area contributed by atoms with Gasteiger partial charge in [0.15, 0.2) is 0 Å². The molecule has 0 bridgehead atoms. The van der Waals surface area contributed by atoms with Crippen molar-refractivity contribution in [1.82, 2.24) is 0 Å². The van der Waals surface area contributed by atoms with Crippen LogP contribution in [0.15, 0.2) is 22.7 Å². The van der Waals surface area contributed by atoms with Gasteiger partial charge in [-0.2, -0.15) is 0 Å². The van der Waals surface area contributed by atoms with Gasteiger partial charge in [0, 0.05) is 10.0 Å². The van der Waals surface area contributed by atoms with E-state index in [0.29, 0.717) is 5.92 Å². The molecular formula is C14H21BrO2. The van der Waals surface area contributed by atoms with Crippen molar-refractivity contribution in [2.45, 2.75) is 39.2 Å².